The predicted molar refractivity (Wildman–Crippen MR) is 325 cm³/mol. The van der Waals surface area contributed by atoms with E-state index in [9.17, 15) is 47.9 Å². The van der Waals surface area contributed by atoms with E-state index in [4.69, 9.17) is 0 Å². The lowest BCUT2D eigenvalue weighted by Crippen LogP contribution is -3.05. The van der Waals surface area contributed by atoms with Gasteiger partial charge in [0.05, 0.1) is 43.4 Å². The van der Waals surface area contributed by atoms with Crippen molar-refractivity contribution in [1.82, 2.24) is 72.4 Å². The van der Waals surface area contributed by atoms with Gasteiger partial charge in [-0.05, 0) is 30.7 Å². The van der Waals surface area contributed by atoms with Crippen LogP contribution in [0.2, 0.25) is 0 Å². The second-order valence-corrected chi connectivity index (χ2v) is 21.2. The van der Waals surface area contributed by atoms with Gasteiger partial charge in [0.15, 0.2) is 23.3 Å². The van der Waals surface area contributed by atoms with Gasteiger partial charge >= 0.3 is 0 Å². The van der Waals surface area contributed by atoms with Gasteiger partial charge in [0.25, 0.3) is 47.3 Å². The molecular formula is C56H70N23O10+. The van der Waals surface area contributed by atoms with Crippen LogP contribution in [0.1, 0.15) is 110 Å². The Kier molecular flexibility index (Phi) is 19.9. The molecule has 0 atom stereocenters. The van der Waals surface area contributed by atoms with E-state index in [0.717, 1.165) is 13.0 Å². The van der Waals surface area contributed by atoms with Gasteiger partial charge in [-0.25, -0.2) is 19.9 Å². The maximum absolute atomic E-state index is 13.4. The minimum absolute atomic E-state index is 0.00770. The number of carbonyl (C=O) groups is 10. The van der Waals surface area contributed by atoms with Crippen molar-refractivity contribution in [2.45, 2.75) is 25.7 Å². The number of quaternary nitrogens is 1. The molecule has 33 nitrogen and oxygen atoms in total. The van der Waals surface area contributed by atoms with Crippen molar-refractivity contribution in [3.63, 3.8) is 0 Å². The van der Waals surface area contributed by atoms with Crippen LogP contribution in [0.25, 0.3) is 0 Å². The maximum Gasteiger partial charge on any atom is 0.292 e. The second-order valence-electron chi connectivity index (χ2n) is 21.2. The molecule has 0 fully saturated rings. The number of carbonyl (C=O) groups excluding carboxylic acids is 10. The summed E-state index contributed by atoms with van der Waals surface area (Å²) in [7, 11) is 16.9. The average Bonchev–Trinajstić information content (AvgIpc) is 3.16. The van der Waals surface area contributed by atoms with Crippen LogP contribution in [0, 0.1) is 0 Å². The number of hydrogen-bond donors (Lipinski definition) is 11. The van der Waals surface area contributed by atoms with Gasteiger partial charge in [-0.2, -0.15) is 0 Å². The topological polar surface area (TPSA) is 386 Å². The van der Waals surface area contributed by atoms with Gasteiger partial charge in [-0.3, -0.25) is 47.9 Å². The van der Waals surface area contributed by atoms with Crippen LogP contribution in [0.15, 0.2) is 80.0 Å². The van der Waals surface area contributed by atoms with Crippen LogP contribution >= 0.6 is 0 Å². The lowest BCUT2D eigenvalue weighted by Gasteiger charge is -2.09. The fourth-order valence-electron chi connectivity index (χ4n) is 9.23. The molecule has 0 aliphatic carbocycles. The van der Waals surface area contributed by atoms with Crippen LogP contribution in [-0.4, -0.2) is 156 Å². The van der Waals surface area contributed by atoms with Crippen molar-refractivity contribution in [1.29, 1.82) is 0 Å². The molecule has 0 spiro atoms. The molecule has 0 aromatic carbocycles. The van der Waals surface area contributed by atoms with Gasteiger partial charge in [0, 0.05) is 151 Å². The SMILES string of the molecule is Cn1cc(NC(=O)c2cc(NC(=O)c3nc(NC(=O)c4nccn4C)cn3C)cn2C)cc1C(=O)NCCCC(=O)Nc1cn(C)c(C(=O)Nc2cn(C)c(C(=O)Nc3cc(C(=O)Nc4cc(C(=O)NCCC(=O)NCCC[NH+](C)C)n(C)c4)n(C)c3)n2)n1. The summed E-state index contributed by atoms with van der Waals surface area (Å²) in [6.07, 6.45) is 14.8. The molecule has 8 aromatic heterocycles. The van der Waals surface area contributed by atoms with E-state index in [0.29, 0.717) is 23.6 Å². The summed E-state index contributed by atoms with van der Waals surface area (Å²) >= 11 is 0. The fraction of sp³-hybridized carbons (Fsp3) is 0.321. The molecule has 8 rings (SSSR count). The van der Waals surface area contributed by atoms with Crippen molar-refractivity contribution < 1.29 is 52.8 Å². The number of nitrogens with one attached hydrogen (secondary N) is 11. The van der Waals surface area contributed by atoms with Gasteiger partial charge in [-0.15, -0.1) is 0 Å². The Morgan fingerprint density at radius 1 is 0.371 bits per heavy atom. The Morgan fingerprint density at radius 2 is 0.742 bits per heavy atom. The number of rotatable bonds is 26. The van der Waals surface area contributed by atoms with E-state index < -0.39 is 53.2 Å². The smallest absolute Gasteiger partial charge is 0.292 e. The fourth-order valence-corrected chi connectivity index (χ4v) is 9.23. The molecule has 8 heterocycles. The normalized spacial score (nSPS) is 11.0. The van der Waals surface area contributed by atoms with Crippen molar-refractivity contribution in [3.05, 3.63) is 126 Å². The summed E-state index contributed by atoms with van der Waals surface area (Å²) in [5.74, 6) is -4.76. The third-order valence-electron chi connectivity index (χ3n) is 13.7. The number of amides is 10. The third-order valence-corrected chi connectivity index (χ3v) is 13.7. The molecular weight excluding hydrogens is 1150 g/mol. The maximum atomic E-state index is 13.4. The number of imidazole rings is 4. The molecule has 0 unspecified atom stereocenters. The van der Waals surface area contributed by atoms with Crippen molar-refractivity contribution in [2.75, 3.05) is 77.5 Å². The first-order chi connectivity index (χ1) is 42.3. The summed E-state index contributed by atoms with van der Waals surface area (Å²) in [5.41, 5.74) is 2.07. The van der Waals surface area contributed by atoms with E-state index in [2.05, 4.69) is 73.1 Å². The quantitative estimate of drug-likeness (QED) is 0.0327. The number of aromatic nitrogens is 12. The molecule has 89 heavy (non-hydrogen) atoms. The van der Waals surface area contributed by atoms with E-state index in [-0.39, 0.29) is 107 Å². The zero-order valence-corrected chi connectivity index (χ0v) is 50.6. The second kappa shape index (κ2) is 27.8. The summed E-state index contributed by atoms with van der Waals surface area (Å²) in [6, 6.07) is 5.92. The molecule has 11 N–H and O–H groups in total. The van der Waals surface area contributed by atoms with Crippen LogP contribution in [-0.2, 0) is 66.0 Å². The average molecular weight is 1230 g/mol. The largest absolute Gasteiger partial charge is 0.356 e. The van der Waals surface area contributed by atoms with E-state index in [1.54, 1.807) is 84.1 Å². The van der Waals surface area contributed by atoms with Crippen LogP contribution in [0.4, 0.5) is 40.2 Å². The molecule has 10 amide bonds. The Labute approximate surface area is 508 Å². The number of aryl methyl sites for hydroxylation is 8. The van der Waals surface area contributed by atoms with Gasteiger partial charge in [0.2, 0.25) is 29.3 Å². The van der Waals surface area contributed by atoms with E-state index >= 15 is 0 Å². The molecule has 33 heteroatoms. The van der Waals surface area contributed by atoms with E-state index in [1.165, 1.54) is 93.7 Å². The highest BCUT2D eigenvalue weighted by Gasteiger charge is 2.24. The Morgan fingerprint density at radius 3 is 1.16 bits per heavy atom. The Bertz CT molecular complexity index is 4020. The molecule has 0 radical (unpaired) electrons. The number of nitrogens with zero attached hydrogens (tertiary/aromatic N) is 12. The summed E-state index contributed by atoms with van der Waals surface area (Å²) in [6.45, 7) is 1.73. The van der Waals surface area contributed by atoms with E-state index in [1.807, 2.05) is 14.1 Å². The lowest BCUT2D eigenvalue weighted by molar-refractivity contribution is -0.858. The molecule has 0 aliphatic heterocycles. The van der Waals surface area contributed by atoms with Crippen molar-refractivity contribution in [3.8, 4) is 0 Å². The monoisotopic (exact) mass is 1220 g/mol. The Hall–Kier alpha value is -11.4. The van der Waals surface area contributed by atoms with Crippen molar-refractivity contribution >= 4 is 99.3 Å². The predicted octanol–water partition coefficient (Wildman–Crippen LogP) is 0.408. The minimum atomic E-state index is -0.694. The molecule has 0 saturated heterocycles. The van der Waals surface area contributed by atoms with Crippen LogP contribution in [0.3, 0.4) is 0 Å². The van der Waals surface area contributed by atoms with Crippen LogP contribution < -0.4 is 58.1 Å². The lowest BCUT2D eigenvalue weighted by atomic mass is 10.3. The number of hydrogen-bond acceptors (Lipinski definition) is 14. The summed E-state index contributed by atoms with van der Waals surface area (Å²) in [5, 5.41) is 27.2. The molecule has 0 aliphatic rings. The van der Waals surface area contributed by atoms with Gasteiger partial charge < -0.3 is 94.6 Å². The minimum Gasteiger partial charge on any atom is -0.356 e. The zero-order valence-electron chi connectivity index (χ0n) is 50.6. The van der Waals surface area contributed by atoms with Crippen molar-refractivity contribution in [2.24, 2.45) is 56.4 Å². The zero-order chi connectivity index (χ0) is 64.4. The van der Waals surface area contributed by atoms with Crippen LogP contribution in [0.5, 0.6) is 0 Å². The number of anilines is 7. The molecule has 468 valence electrons. The standard InChI is InChI=1S/C56H69N23O10/c1-71(2)19-12-16-57-43(80)14-17-60-50(83)37-22-33(26-74(37)5)62-52(85)39-24-35(28-76(39)7)64-55(88)47-68-42(31-79(47)10)70-56(89)48-66-40(29-77(48)8)65-44(81)13-11-15-59-49(82)36-21-32(25-73(36)4)61-51(84)38-23-34(27-75(38)6)63-54(87)46-67-41(30-78(46)9)69-53(86)45-58-18-20-72(45)3/h18,20-31H,11-17,19H2,1-10H3,(H,57,80)(H,59,82)(H,60,83)(H,61,84)(H,62,85)(H,63,87)(H,64,88)(H,65,81)(H,69,86)(H,70,89)/p+1. The first-order valence-corrected chi connectivity index (χ1v) is 27.8. The van der Waals surface area contributed by atoms with Gasteiger partial charge in [-0.1, -0.05) is 0 Å². The summed E-state index contributed by atoms with van der Waals surface area (Å²) < 4.78 is 11.9. The molecule has 8 aromatic rings. The highest BCUT2D eigenvalue weighted by Crippen LogP contribution is 2.22. The highest BCUT2D eigenvalue weighted by molar-refractivity contribution is 6.09. The molecule has 0 bridgehead atoms. The highest BCUT2D eigenvalue weighted by atomic mass is 16.2. The first-order valence-electron chi connectivity index (χ1n) is 27.8. The summed E-state index contributed by atoms with van der Waals surface area (Å²) in [4.78, 5) is 149. The Balaban J connectivity index is 0.747. The van der Waals surface area contributed by atoms with Gasteiger partial charge in [0.1, 0.15) is 22.8 Å². The first kappa shape index (κ1) is 63.6. The third kappa shape index (κ3) is 16.1. The molecule has 0 saturated carbocycles.